The second-order valence-electron chi connectivity index (χ2n) is 4.80. The van der Waals surface area contributed by atoms with Crippen molar-refractivity contribution in [2.45, 2.75) is 38.6 Å². The quantitative estimate of drug-likeness (QED) is 0.853. The monoisotopic (exact) mass is 233 g/mol. The number of rotatable bonds is 2. The molecule has 1 aromatic rings. The zero-order chi connectivity index (χ0) is 12.4. The molecule has 1 N–H and O–H groups in total. The van der Waals surface area contributed by atoms with Crippen LogP contribution < -0.4 is 0 Å². The second-order valence-corrected chi connectivity index (χ2v) is 4.80. The van der Waals surface area contributed by atoms with Gasteiger partial charge in [-0.1, -0.05) is 18.9 Å². The van der Waals surface area contributed by atoms with Crippen molar-refractivity contribution < 1.29 is 9.90 Å². The molecule has 1 fully saturated rings. The molecule has 0 atom stereocenters. The van der Waals surface area contributed by atoms with Gasteiger partial charge in [-0.3, -0.25) is 4.79 Å². The van der Waals surface area contributed by atoms with E-state index >= 15 is 0 Å². The van der Waals surface area contributed by atoms with Gasteiger partial charge < -0.3 is 10.0 Å². The maximum Gasteiger partial charge on any atom is 0.254 e. The number of amides is 1. The lowest BCUT2D eigenvalue weighted by atomic mass is 10.1. The number of aromatic hydroxyl groups is 1. The lowest BCUT2D eigenvalue weighted by Crippen LogP contribution is -2.35. The average molecular weight is 233 g/mol. The highest BCUT2D eigenvalue weighted by Crippen LogP contribution is 2.26. The van der Waals surface area contributed by atoms with Crippen molar-refractivity contribution in [2.75, 3.05) is 7.05 Å². The Hall–Kier alpha value is -1.51. The van der Waals surface area contributed by atoms with Gasteiger partial charge in [-0.2, -0.15) is 0 Å². The molecule has 0 spiro atoms. The average Bonchev–Trinajstić information content (AvgIpc) is 2.84. The molecule has 0 heterocycles. The molecule has 3 nitrogen and oxygen atoms in total. The topological polar surface area (TPSA) is 40.5 Å². The smallest absolute Gasteiger partial charge is 0.254 e. The predicted octanol–water partition coefficient (Wildman–Crippen LogP) is 2.72. The van der Waals surface area contributed by atoms with Crippen LogP contribution >= 0.6 is 0 Å². The zero-order valence-corrected chi connectivity index (χ0v) is 10.4. The molecular weight excluding hydrogens is 214 g/mol. The molecule has 3 heteroatoms. The number of carbonyl (C=O) groups is 1. The summed E-state index contributed by atoms with van der Waals surface area (Å²) in [6.07, 6.45) is 4.61. The van der Waals surface area contributed by atoms with Crippen molar-refractivity contribution in [1.29, 1.82) is 0 Å². The van der Waals surface area contributed by atoms with Gasteiger partial charge in [-0.15, -0.1) is 0 Å². The Labute approximate surface area is 102 Å². The molecule has 0 bridgehead atoms. The van der Waals surface area contributed by atoms with E-state index in [1.807, 2.05) is 11.9 Å². The van der Waals surface area contributed by atoms with Crippen molar-refractivity contribution in [3.05, 3.63) is 29.3 Å². The molecule has 0 saturated heterocycles. The molecule has 0 aromatic heterocycles. The standard InChI is InChI=1S/C14H19NO2/c1-10-12(8-5-9-13(10)16)14(17)15(2)11-6-3-4-7-11/h5,8-9,11,16H,3-4,6-7H2,1-2H3. The largest absolute Gasteiger partial charge is 0.508 e. The van der Waals surface area contributed by atoms with E-state index in [4.69, 9.17) is 0 Å². The van der Waals surface area contributed by atoms with Crippen LogP contribution in [0.5, 0.6) is 5.75 Å². The summed E-state index contributed by atoms with van der Waals surface area (Å²) < 4.78 is 0. The third kappa shape index (κ3) is 2.28. The number of carbonyl (C=O) groups excluding carboxylic acids is 1. The second kappa shape index (κ2) is 4.78. The zero-order valence-electron chi connectivity index (χ0n) is 10.4. The van der Waals surface area contributed by atoms with Crippen molar-refractivity contribution >= 4 is 5.91 Å². The molecule has 1 saturated carbocycles. The van der Waals surface area contributed by atoms with E-state index in [1.54, 1.807) is 25.1 Å². The number of nitrogens with zero attached hydrogens (tertiary/aromatic N) is 1. The van der Waals surface area contributed by atoms with Gasteiger partial charge in [0.15, 0.2) is 0 Å². The fourth-order valence-electron chi connectivity index (χ4n) is 2.50. The van der Waals surface area contributed by atoms with Crippen LogP contribution in [0, 0.1) is 6.92 Å². The van der Waals surface area contributed by atoms with Crippen LogP contribution in [-0.2, 0) is 0 Å². The highest BCUT2D eigenvalue weighted by atomic mass is 16.3. The van der Waals surface area contributed by atoms with E-state index in [9.17, 15) is 9.90 Å². The lowest BCUT2D eigenvalue weighted by molar-refractivity contribution is 0.0734. The first kappa shape index (κ1) is 12.0. The van der Waals surface area contributed by atoms with Crippen LogP contribution in [0.4, 0.5) is 0 Å². The highest BCUT2D eigenvalue weighted by Gasteiger charge is 2.25. The normalized spacial score (nSPS) is 16.1. The van der Waals surface area contributed by atoms with E-state index in [0.717, 1.165) is 12.8 Å². The van der Waals surface area contributed by atoms with Crippen LogP contribution in [0.3, 0.4) is 0 Å². The van der Waals surface area contributed by atoms with E-state index in [-0.39, 0.29) is 11.7 Å². The third-order valence-corrected chi connectivity index (χ3v) is 3.73. The number of benzene rings is 1. The minimum atomic E-state index is 0.0188. The Morgan fingerprint density at radius 3 is 2.65 bits per heavy atom. The summed E-state index contributed by atoms with van der Waals surface area (Å²) >= 11 is 0. The van der Waals surface area contributed by atoms with Gasteiger partial charge in [0.25, 0.3) is 5.91 Å². The van der Waals surface area contributed by atoms with Crippen molar-refractivity contribution in [1.82, 2.24) is 4.90 Å². The molecule has 0 unspecified atom stereocenters. The molecule has 0 aliphatic heterocycles. The Bertz CT molecular complexity index is 422. The van der Waals surface area contributed by atoms with Crippen LogP contribution in [0.1, 0.15) is 41.6 Å². The number of hydrogen-bond donors (Lipinski definition) is 1. The molecule has 1 aliphatic rings. The van der Waals surface area contributed by atoms with Gasteiger partial charge in [0.1, 0.15) is 5.75 Å². The van der Waals surface area contributed by atoms with E-state index < -0.39 is 0 Å². The van der Waals surface area contributed by atoms with Gasteiger partial charge in [-0.25, -0.2) is 0 Å². The minimum absolute atomic E-state index is 0.0188. The molecule has 1 aliphatic carbocycles. The van der Waals surface area contributed by atoms with Gasteiger partial charge in [0.05, 0.1) is 0 Å². The van der Waals surface area contributed by atoms with Gasteiger partial charge in [0, 0.05) is 24.2 Å². The highest BCUT2D eigenvalue weighted by molar-refractivity contribution is 5.96. The predicted molar refractivity (Wildman–Crippen MR) is 67.2 cm³/mol. The molecule has 17 heavy (non-hydrogen) atoms. The molecule has 92 valence electrons. The van der Waals surface area contributed by atoms with Crippen molar-refractivity contribution in [3.8, 4) is 5.75 Å². The van der Waals surface area contributed by atoms with Gasteiger partial charge >= 0.3 is 0 Å². The summed E-state index contributed by atoms with van der Waals surface area (Å²) in [6, 6.07) is 5.48. The molecule has 1 amide bonds. The Morgan fingerprint density at radius 2 is 2.00 bits per heavy atom. The summed E-state index contributed by atoms with van der Waals surface area (Å²) in [6.45, 7) is 1.78. The molecule has 0 radical (unpaired) electrons. The summed E-state index contributed by atoms with van der Waals surface area (Å²) in [5.74, 6) is 0.209. The van der Waals surface area contributed by atoms with Crippen LogP contribution in [0.15, 0.2) is 18.2 Å². The number of hydrogen-bond acceptors (Lipinski definition) is 2. The summed E-state index contributed by atoms with van der Waals surface area (Å²) in [4.78, 5) is 14.1. The number of phenolic OH excluding ortho intramolecular Hbond substituents is 1. The first-order chi connectivity index (χ1) is 8.11. The van der Waals surface area contributed by atoms with Crippen LogP contribution in [0.25, 0.3) is 0 Å². The lowest BCUT2D eigenvalue weighted by Gasteiger charge is -2.25. The van der Waals surface area contributed by atoms with Crippen molar-refractivity contribution in [2.24, 2.45) is 0 Å². The fraction of sp³-hybridized carbons (Fsp3) is 0.500. The van der Waals surface area contributed by atoms with E-state index in [2.05, 4.69) is 0 Å². The first-order valence-electron chi connectivity index (χ1n) is 6.17. The maximum atomic E-state index is 12.3. The van der Waals surface area contributed by atoms with Crippen molar-refractivity contribution in [3.63, 3.8) is 0 Å². The van der Waals surface area contributed by atoms with Gasteiger partial charge in [-0.05, 0) is 31.9 Å². The maximum absolute atomic E-state index is 12.3. The Kier molecular flexibility index (Phi) is 3.36. The first-order valence-corrected chi connectivity index (χ1v) is 6.17. The van der Waals surface area contributed by atoms with Crippen LogP contribution in [0.2, 0.25) is 0 Å². The fourth-order valence-corrected chi connectivity index (χ4v) is 2.50. The third-order valence-electron chi connectivity index (χ3n) is 3.73. The summed E-state index contributed by atoms with van der Waals surface area (Å²) in [5, 5.41) is 9.63. The minimum Gasteiger partial charge on any atom is -0.508 e. The van der Waals surface area contributed by atoms with Gasteiger partial charge in [0.2, 0.25) is 0 Å². The molecule has 1 aromatic carbocycles. The van der Waals surface area contributed by atoms with E-state index in [1.165, 1.54) is 12.8 Å². The molecular formula is C14H19NO2. The van der Waals surface area contributed by atoms with E-state index in [0.29, 0.717) is 17.2 Å². The van der Waals surface area contributed by atoms with Crippen LogP contribution in [-0.4, -0.2) is 29.0 Å². The summed E-state index contributed by atoms with van der Waals surface area (Å²) in [7, 11) is 1.86. The number of phenols is 1. The Morgan fingerprint density at radius 1 is 1.35 bits per heavy atom. The Balaban J connectivity index is 2.21. The summed E-state index contributed by atoms with van der Waals surface area (Å²) in [5.41, 5.74) is 1.28. The SMILES string of the molecule is Cc1c(O)cccc1C(=O)N(C)C1CCCC1. The molecule has 2 rings (SSSR count).